The average Bonchev–Trinajstić information content (AvgIpc) is 2.68. The van der Waals surface area contributed by atoms with Crippen LogP contribution >= 0.6 is 0 Å². The number of piperazine rings is 1. The van der Waals surface area contributed by atoms with E-state index < -0.39 is 10.0 Å². The highest BCUT2D eigenvalue weighted by atomic mass is 32.2. The summed E-state index contributed by atoms with van der Waals surface area (Å²) in [6.45, 7) is 9.99. The van der Waals surface area contributed by atoms with Gasteiger partial charge in [0.05, 0.1) is 4.90 Å². The zero-order valence-corrected chi connectivity index (χ0v) is 18.3. The number of carbonyl (C=O) groups excluding carboxylic acids is 1. The summed E-state index contributed by atoms with van der Waals surface area (Å²) in [5.74, 6) is 0.560. The van der Waals surface area contributed by atoms with Crippen molar-refractivity contribution < 1.29 is 13.2 Å². The standard InChI is InChI=1S/C21H35N3O3S/c1-4-5-13-24(14-10-21(25)23-15-11-22-12-16-23)28(26,27)20-8-6-19(7-9-20)17-18(2)3/h6-9,18,22H,4-5,10-17H2,1-3H3. The lowest BCUT2D eigenvalue weighted by molar-refractivity contribution is -0.131. The Morgan fingerprint density at radius 3 is 2.36 bits per heavy atom. The molecule has 0 radical (unpaired) electrons. The maximum atomic E-state index is 13.2. The second-order valence-electron chi connectivity index (χ2n) is 7.88. The minimum absolute atomic E-state index is 0.0329. The highest BCUT2D eigenvalue weighted by Gasteiger charge is 2.26. The van der Waals surface area contributed by atoms with Crippen molar-refractivity contribution in [3.05, 3.63) is 29.8 Å². The number of rotatable bonds is 10. The number of carbonyl (C=O) groups is 1. The van der Waals surface area contributed by atoms with Gasteiger partial charge >= 0.3 is 0 Å². The predicted molar refractivity (Wildman–Crippen MR) is 113 cm³/mol. The molecular weight excluding hydrogens is 374 g/mol. The number of sulfonamides is 1. The van der Waals surface area contributed by atoms with Crippen molar-refractivity contribution in [2.45, 2.75) is 51.3 Å². The molecule has 1 heterocycles. The molecule has 1 aliphatic heterocycles. The van der Waals surface area contributed by atoms with Crippen molar-refractivity contribution in [3.8, 4) is 0 Å². The second kappa shape index (κ2) is 10.9. The fourth-order valence-electron chi connectivity index (χ4n) is 3.40. The molecule has 1 aromatic carbocycles. The first-order chi connectivity index (χ1) is 13.3. The third kappa shape index (κ3) is 6.57. The molecule has 0 bridgehead atoms. The first-order valence-corrected chi connectivity index (χ1v) is 11.9. The molecule has 158 valence electrons. The van der Waals surface area contributed by atoms with E-state index in [9.17, 15) is 13.2 Å². The summed E-state index contributed by atoms with van der Waals surface area (Å²) < 4.78 is 27.8. The summed E-state index contributed by atoms with van der Waals surface area (Å²) in [5, 5.41) is 3.22. The van der Waals surface area contributed by atoms with E-state index in [1.165, 1.54) is 4.31 Å². The molecule has 0 spiro atoms. The molecular formula is C21H35N3O3S. The predicted octanol–water partition coefficient (Wildman–Crippen LogP) is 2.50. The van der Waals surface area contributed by atoms with E-state index in [0.717, 1.165) is 37.9 Å². The van der Waals surface area contributed by atoms with Crippen molar-refractivity contribution >= 4 is 15.9 Å². The molecule has 7 heteroatoms. The van der Waals surface area contributed by atoms with Crippen molar-refractivity contribution in [3.63, 3.8) is 0 Å². The van der Waals surface area contributed by atoms with Gasteiger partial charge in [0.2, 0.25) is 15.9 Å². The highest BCUT2D eigenvalue weighted by Crippen LogP contribution is 2.19. The molecule has 0 aliphatic carbocycles. The third-order valence-corrected chi connectivity index (χ3v) is 6.92. The van der Waals surface area contributed by atoms with Crippen LogP contribution in [0.5, 0.6) is 0 Å². The van der Waals surface area contributed by atoms with Crippen LogP contribution in [0, 0.1) is 5.92 Å². The first kappa shape index (κ1) is 22.8. The number of amides is 1. The van der Waals surface area contributed by atoms with E-state index in [0.29, 0.717) is 30.4 Å². The van der Waals surface area contributed by atoms with Crippen molar-refractivity contribution in [1.29, 1.82) is 0 Å². The Kier molecular flexibility index (Phi) is 8.92. The second-order valence-corrected chi connectivity index (χ2v) is 9.82. The van der Waals surface area contributed by atoms with Gasteiger partial charge in [-0.05, 0) is 36.5 Å². The average molecular weight is 410 g/mol. The lowest BCUT2D eigenvalue weighted by Gasteiger charge is -2.29. The number of benzene rings is 1. The van der Waals surface area contributed by atoms with E-state index >= 15 is 0 Å². The van der Waals surface area contributed by atoms with Gasteiger partial charge in [0, 0.05) is 45.7 Å². The van der Waals surface area contributed by atoms with Crippen LogP contribution in [0.15, 0.2) is 29.2 Å². The Bertz CT molecular complexity index is 711. The highest BCUT2D eigenvalue weighted by molar-refractivity contribution is 7.89. The van der Waals surface area contributed by atoms with Gasteiger partial charge in [-0.2, -0.15) is 4.31 Å². The topological polar surface area (TPSA) is 69.7 Å². The van der Waals surface area contributed by atoms with E-state index in [-0.39, 0.29) is 18.9 Å². The van der Waals surface area contributed by atoms with Crippen LogP contribution in [0.4, 0.5) is 0 Å². The third-order valence-electron chi connectivity index (χ3n) is 5.01. The minimum Gasteiger partial charge on any atom is -0.340 e. The normalized spacial score (nSPS) is 15.4. The SMILES string of the molecule is CCCCN(CCC(=O)N1CCNCC1)S(=O)(=O)c1ccc(CC(C)C)cc1. The number of unbranched alkanes of at least 4 members (excludes halogenated alkanes) is 1. The summed E-state index contributed by atoms with van der Waals surface area (Å²) >= 11 is 0. The van der Waals surface area contributed by atoms with Gasteiger partial charge in [-0.3, -0.25) is 4.79 Å². The molecule has 2 rings (SSSR count). The monoisotopic (exact) mass is 409 g/mol. The molecule has 1 fully saturated rings. The number of nitrogens with zero attached hydrogens (tertiary/aromatic N) is 2. The van der Waals surface area contributed by atoms with Crippen molar-refractivity contribution in [1.82, 2.24) is 14.5 Å². The molecule has 1 N–H and O–H groups in total. The Morgan fingerprint density at radius 2 is 1.79 bits per heavy atom. The molecule has 1 amide bonds. The maximum absolute atomic E-state index is 13.2. The molecule has 0 aromatic heterocycles. The van der Waals surface area contributed by atoms with Gasteiger partial charge in [0.1, 0.15) is 0 Å². The zero-order chi connectivity index (χ0) is 20.6. The summed E-state index contributed by atoms with van der Waals surface area (Å²) in [6, 6.07) is 7.20. The lowest BCUT2D eigenvalue weighted by Crippen LogP contribution is -2.47. The van der Waals surface area contributed by atoms with Crippen molar-refractivity contribution in [2.24, 2.45) is 5.92 Å². The van der Waals surface area contributed by atoms with Gasteiger partial charge in [-0.15, -0.1) is 0 Å². The number of nitrogens with one attached hydrogen (secondary N) is 1. The van der Waals surface area contributed by atoms with Gasteiger partial charge in [0.25, 0.3) is 0 Å². The molecule has 6 nitrogen and oxygen atoms in total. The van der Waals surface area contributed by atoms with E-state index in [1.54, 1.807) is 12.1 Å². The fraction of sp³-hybridized carbons (Fsp3) is 0.667. The van der Waals surface area contributed by atoms with Crippen LogP contribution < -0.4 is 5.32 Å². The van der Waals surface area contributed by atoms with Crippen LogP contribution in [-0.4, -0.2) is 62.8 Å². The van der Waals surface area contributed by atoms with Crippen LogP contribution in [0.3, 0.4) is 0 Å². The summed E-state index contributed by atoms with van der Waals surface area (Å²) in [5.41, 5.74) is 1.14. The number of hydrogen-bond acceptors (Lipinski definition) is 4. The van der Waals surface area contributed by atoms with Crippen LogP contribution in [0.25, 0.3) is 0 Å². The van der Waals surface area contributed by atoms with E-state index in [2.05, 4.69) is 19.2 Å². The van der Waals surface area contributed by atoms with Crippen molar-refractivity contribution in [2.75, 3.05) is 39.3 Å². The maximum Gasteiger partial charge on any atom is 0.243 e. The smallest absolute Gasteiger partial charge is 0.243 e. The molecule has 1 saturated heterocycles. The zero-order valence-electron chi connectivity index (χ0n) is 17.5. The van der Waals surface area contributed by atoms with Crippen LogP contribution in [-0.2, 0) is 21.2 Å². The molecule has 0 unspecified atom stereocenters. The van der Waals surface area contributed by atoms with Gasteiger partial charge in [0.15, 0.2) is 0 Å². The summed E-state index contributed by atoms with van der Waals surface area (Å²) in [7, 11) is -3.59. The lowest BCUT2D eigenvalue weighted by atomic mass is 10.0. The molecule has 0 atom stereocenters. The van der Waals surface area contributed by atoms with E-state index in [4.69, 9.17) is 0 Å². The quantitative estimate of drug-likeness (QED) is 0.645. The van der Waals surface area contributed by atoms with Gasteiger partial charge < -0.3 is 10.2 Å². The Morgan fingerprint density at radius 1 is 1.14 bits per heavy atom. The molecule has 0 saturated carbocycles. The molecule has 1 aromatic rings. The number of hydrogen-bond donors (Lipinski definition) is 1. The minimum atomic E-state index is -3.59. The van der Waals surface area contributed by atoms with Gasteiger partial charge in [-0.25, -0.2) is 8.42 Å². The molecule has 28 heavy (non-hydrogen) atoms. The van der Waals surface area contributed by atoms with Crippen LogP contribution in [0.1, 0.15) is 45.6 Å². The Hall–Kier alpha value is -1.44. The van der Waals surface area contributed by atoms with E-state index in [1.807, 2.05) is 24.0 Å². The Labute approximate surface area is 170 Å². The summed E-state index contributed by atoms with van der Waals surface area (Å²) in [4.78, 5) is 14.6. The summed E-state index contributed by atoms with van der Waals surface area (Å²) in [6.07, 6.45) is 2.85. The van der Waals surface area contributed by atoms with Crippen LogP contribution in [0.2, 0.25) is 0 Å². The van der Waals surface area contributed by atoms with Gasteiger partial charge in [-0.1, -0.05) is 39.3 Å². The fourth-order valence-corrected chi connectivity index (χ4v) is 4.88. The largest absolute Gasteiger partial charge is 0.340 e. The first-order valence-electron chi connectivity index (χ1n) is 10.4. The Balaban J connectivity index is 2.07. The molecule has 1 aliphatic rings.